The normalized spacial score (nSPS) is 12.4. The van der Waals surface area contributed by atoms with E-state index in [1.54, 1.807) is 0 Å². The van der Waals surface area contributed by atoms with Gasteiger partial charge in [-0.1, -0.05) is 36.4 Å². The van der Waals surface area contributed by atoms with Gasteiger partial charge in [-0.2, -0.15) is 0 Å². The van der Waals surface area contributed by atoms with Crippen LogP contribution in [0.5, 0.6) is 0 Å². The molecule has 0 bridgehead atoms. The van der Waals surface area contributed by atoms with Crippen LogP contribution in [-0.4, -0.2) is 6.29 Å². The average Bonchev–Trinajstić information content (AvgIpc) is 2.06. The summed E-state index contributed by atoms with van der Waals surface area (Å²) >= 11 is 0. The molecule has 0 radical (unpaired) electrons. The van der Waals surface area contributed by atoms with Crippen molar-refractivity contribution in [2.24, 2.45) is 0 Å². The van der Waals surface area contributed by atoms with Crippen LogP contribution in [0.4, 0.5) is 0 Å². The zero-order valence-corrected chi connectivity index (χ0v) is 5.45. The molecule has 0 amide bonds. The van der Waals surface area contributed by atoms with Gasteiger partial charge in [0.2, 0.25) is 0 Å². The Bertz CT molecular complexity index is 264. The van der Waals surface area contributed by atoms with E-state index in [9.17, 15) is 4.79 Å². The number of allylic oxidation sites excluding steroid dienone is 1. The largest absolute Gasteiger partial charge is 0.299 e. The number of hydrogen-bond acceptors (Lipinski definition) is 1. The van der Waals surface area contributed by atoms with E-state index in [1.165, 1.54) is 6.08 Å². The summed E-state index contributed by atoms with van der Waals surface area (Å²) in [5.74, 6) is 0. The summed E-state index contributed by atoms with van der Waals surface area (Å²) in [6.45, 7) is 0. The highest BCUT2D eigenvalue weighted by molar-refractivity contribution is 5.73. The molecule has 50 valence electrons. The van der Waals surface area contributed by atoms with E-state index < -0.39 is 0 Å². The molecule has 10 heavy (non-hydrogen) atoms. The van der Waals surface area contributed by atoms with Crippen LogP contribution in [0.3, 0.4) is 0 Å². The van der Waals surface area contributed by atoms with Gasteiger partial charge in [0.25, 0.3) is 0 Å². The molecular weight excluding hydrogens is 124 g/mol. The van der Waals surface area contributed by atoms with E-state index in [4.69, 9.17) is 1.37 Å². The fourth-order valence-electron chi connectivity index (χ4n) is 0.680. The van der Waals surface area contributed by atoms with Crippen LogP contribution in [0.1, 0.15) is 6.93 Å². The lowest BCUT2D eigenvalue weighted by atomic mass is 10.2. The summed E-state index contributed by atoms with van der Waals surface area (Å²) in [7, 11) is 0. The lowest BCUT2D eigenvalue weighted by Crippen LogP contribution is -1.67. The predicted octanol–water partition coefficient (Wildman–Crippen LogP) is 1.90. The smallest absolute Gasteiger partial charge is 0.142 e. The van der Waals surface area contributed by atoms with Crippen LogP contribution in [0, 0.1) is 0 Å². The third kappa shape index (κ3) is 1.86. The summed E-state index contributed by atoms with van der Waals surface area (Å²) in [6.07, 6.45) is 2.04. The molecule has 0 saturated heterocycles. The molecule has 0 heterocycles. The summed E-state index contributed by atoms with van der Waals surface area (Å²) in [4.78, 5) is 10.1. The highest BCUT2D eigenvalue weighted by Crippen LogP contribution is 1.99. The van der Waals surface area contributed by atoms with Crippen molar-refractivity contribution in [3.8, 4) is 0 Å². The van der Waals surface area contributed by atoms with Crippen LogP contribution in [-0.2, 0) is 4.79 Å². The van der Waals surface area contributed by atoms with Gasteiger partial charge in [-0.15, -0.1) is 0 Å². The molecule has 0 aliphatic rings. The molecular formula is C9H8O. The first kappa shape index (κ1) is 5.42. The lowest BCUT2D eigenvalue weighted by Gasteiger charge is -1.86. The molecule has 0 fully saturated rings. The Morgan fingerprint density at radius 3 is 2.60 bits per heavy atom. The molecule has 0 aromatic heterocycles. The van der Waals surface area contributed by atoms with Crippen molar-refractivity contribution >= 4 is 12.4 Å². The minimum absolute atomic E-state index is 0.00352. The van der Waals surface area contributed by atoms with Crippen molar-refractivity contribution in [2.45, 2.75) is 0 Å². The minimum Gasteiger partial charge on any atom is -0.299 e. The molecule has 0 aliphatic carbocycles. The number of benzene rings is 1. The van der Waals surface area contributed by atoms with E-state index in [0.717, 1.165) is 5.56 Å². The van der Waals surface area contributed by atoms with Crippen molar-refractivity contribution in [3.05, 3.63) is 41.9 Å². The number of carbonyl (C=O) groups excluding carboxylic acids is 1. The van der Waals surface area contributed by atoms with Crippen molar-refractivity contribution in [1.82, 2.24) is 0 Å². The number of rotatable bonds is 2. The summed E-state index contributed by atoms with van der Waals surface area (Å²) in [6, 6.07) is 9.31. The first-order valence-corrected chi connectivity index (χ1v) is 3.01. The Morgan fingerprint density at radius 1 is 1.30 bits per heavy atom. The molecule has 0 saturated carbocycles. The maximum absolute atomic E-state index is 10.1. The second-order valence-electron chi connectivity index (χ2n) is 1.84. The van der Waals surface area contributed by atoms with Crippen LogP contribution >= 0.6 is 0 Å². The van der Waals surface area contributed by atoms with E-state index in [1.807, 2.05) is 30.3 Å². The Morgan fingerprint density at radius 2 is 2.00 bits per heavy atom. The summed E-state index contributed by atoms with van der Waals surface area (Å²) in [5, 5.41) is 0. The Labute approximate surface area is 61.4 Å². The highest BCUT2D eigenvalue weighted by Gasteiger charge is 1.79. The van der Waals surface area contributed by atoms with Crippen LogP contribution in [0.25, 0.3) is 6.08 Å². The van der Waals surface area contributed by atoms with Gasteiger partial charge in [0.1, 0.15) is 6.29 Å². The molecule has 0 spiro atoms. The molecule has 0 unspecified atom stereocenters. The molecule has 1 heteroatoms. The SMILES string of the molecule is [2H]/C(C=O)=C\c1ccccc1. The van der Waals surface area contributed by atoms with Crippen LogP contribution < -0.4 is 0 Å². The van der Waals surface area contributed by atoms with Crippen molar-refractivity contribution < 1.29 is 6.17 Å². The van der Waals surface area contributed by atoms with Gasteiger partial charge in [-0.05, 0) is 11.6 Å². The molecule has 0 atom stereocenters. The second kappa shape index (κ2) is 3.62. The molecule has 0 aliphatic heterocycles. The molecule has 1 rings (SSSR count). The third-order valence-corrected chi connectivity index (χ3v) is 1.12. The van der Waals surface area contributed by atoms with Gasteiger partial charge in [-0.3, -0.25) is 4.79 Å². The lowest BCUT2D eigenvalue weighted by molar-refractivity contribution is -0.104. The monoisotopic (exact) mass is 133 g/mol. The first-order chi connectivity index (χ1) is 5.33. The summed E-state index contributed by atoms with van der Waals surface area (Å²) in [5.41, 5.74) is 0.879. The zero-order valence-electron chi connectivity index (χ0n) is 6.45. The fraction of sp³-hybridized carbons (Fsp3) is 0. The Balaban J connectivity index is 2.87. The average molecular weight is 133 g/mol. The number of carbonyl (C=O) groups is 1. The minimum atomic E-state index is -0.00352. The first-order valence-electron chi connectivity index (χ1n) is 3.51. The van der Waals surface area contributed by atoms with Crippen LogP contribution in [0.2, 0.25) is 0 Å². The van der Waals surface area contributed by atoms with Gasteiger partial charge in [-0.25, -0.2) is 0 Å². The van der Waals surface area contributed by atoms with Gasteiger partial charge >= 0.3 is 0 Å². The zero-order chi connectivity index (χ0) is 8.10. The molecule has 1 nitrogen and oxygen atoms in total. The van der Waals surface area contributed by atoms with Gasteiger partial charge in [0.05, 0.1) is 1.37 Å². The summed E-state index contributed by atoms with van der Waals surface area (Å²) < 4.78 is 7.05. The van der Waals surface area contributed by atoms with E-state index in [2.05, 4.69) is 0 Å². The maximum Gasteiger partial charge on any atom is 0.142 e. The van der Waals surface area contributed by atoms with Gasteiger partial charge < -0.3 is 0 Å². The topological polar surface area (TPSA) is 17.1 Å². The molecule has 0 N–H and O–H groups in total. The van der Waals surface area contributed by atoms with Gasteiger partial charge in [0, 0.05) is 0 Å². The van der Waals surface area contributed by atoms with E-state index >= 15 is 0 Å². The van der Waals surface area contributed by atoms with Crippen LogP contribution in [0.15, 0.2) is 36.4 Å². The van der Waals surface area contributed by atoms with Crippen molar-refractivity contribution in [3.63, 3.8) is 0 Å². The molecule has 1 aromatic carbocycles. The predicted molar refractivity (Wildman–Crippen MR) is 41.5 cm³/mol. The molecule has 1 aromatic rings. The van der Waals surface area contributed by atoms with Crippen molar-refractivity contribution in [2.75, 3.05) is 0 Å². The number of hydrogen-bond donors (Lipinski definition) is 0. The highest BCUT2D eigenvalue weighted by atomic mass is 16.1. The fourth-order valence-corrected chi connectivity index (χ4v) is 0.680. The Kier molecular flexibility index (Phi) is 1.96. The Hall–Kier alpha value is -1.37. The maximum atomic E-state index is 10.1. The van der Waals surface area contributed by atoms with E-state index in [-0.39, 0.29) is 6.05 Å². The quantitative estimate of drug-likeness (QED) is 0.445. The second-order valence-corrected chi connectivity index (χ2v) is 1.84. The number of aldehydes is 1. The standard InChI is InChI=1S/C9H8O/c10-8-4-7-9-5-2-1-3-6-9/h1-8H/b7-4+/i4D. The van der Waals surface area contributed by atoms with E-state index in [0.29, 0.717) is 6.29 Å². The third-order valence-electron chi connectivity index (χ3n) is 1.12. The van der Waals surface area contributed by atoms with Crippen molar-refractivity contribution in [1.29, 1.82) is 0 Å². The van der Waals surface area contributed by atoms with Gasteiger partial charge in [0.15, 0.2) is 0 Å².